The van der Waals surface area contributed by atoms with Crippen LogP contribution in [0.25, 0.3) is 0 Å². The molecule has 0 saturated heterocycles. The van der Waals surface area contributed by atoms with Gasteiger partial charge in [-0.1, -0.05) is 13.3 Å². The highest BCUT2D eigenvalue weighted by atomic mass is 19.1. The Kier molecular flexibility index (Phi) is 4.74. The molecule has 0 amide bonds. The van der Waals surface area contributed by atoms with Crippen LogP contribution in [0.2, 0.25) is 0 Å². The summed E-state index contributed by atoms with van der Waals surface area (Å²) in [6, 6.07) is 2.98. The fourth-order valence-corrected chi connectivity index (χ4v) is 1.48. The summed E-state index contributed by atoms with van der Waals surface area (Å²) in [5.74, 6) is 0.484. The first-order valence-electron chi connectivity index (χ1n) is 5.74. The molecule has 0 aliphatic carbocycles. The summed E-state index contributed by atoms with van der Waals surface area (Å²) in [6.45, 7) is 6.32. The number of unbranched alkanes of at least 4 members (excludes halogenated alkanes) is 1. The molecule has 0 radical (unpaired) electrons. The van der Waals surface area contributed by atoms with E-state index in [9.17, 15) is 4.39 Å². The molecule has 0 aliphatic heterocycles. The van der Waals surface area contributed by atoms with Crippen molar-refractivity contribution in [2.75, 3.05) is 6.61 Å². The van der Waals surface area contributed by atoms with E-state index in [1.807, 2.05) is 6.92 Å². The van der Waals surface area contributed by atoms with Crippen molar-refractivity contribution in [1.82, 2.24) is 0 Å². The molecule has 1 rings (SSSR count). The molecule has 90 valence electrons. The zero-order chi connectivity index (χ0) is 12.1. The van der Waals surface area contributed by atoms with Gasteiger partial charge in [-0.3, -0.25) is 0 Å². The van der Waals surface area contributed by atoms with Crippen LogP contribution in [-0.4, -0.2) is 6.61 Å². The third kappa shape index (κ3) is 3.20. The maximum atomic E-state index is 13.4. The Bertz CT molecular complexity index is 350. The molecule has 3 heteroatoms. The molecule has 1 atom stereocenters. The smallest absolute Gasteiger partial charge is 0.126 e. The van der Waals surface area contributed by atoms with Crippen molar-refractivity contribution in [3.05, 3.63) is 29.1 Å². The minimum atomic E-state index is -0.227. The van der Waals surface area contributed by atoms with E-state index in [4.69, 9.17) is 10.5 Å². The van der Waals surface area contributed by atoms with E-state index in [-0.39, 0.29) is 11.9 Å². The number of aryl methyl sites for hydroxylation is 1. The van der Waals surface area contributed by atoms with Gasteiger partial charge in [-0.25, -0.2) is 4.39 Å². The molecule has 0 aromatic heterocycles. The van der Waals surface area contributed by atoms with Gasteiger partial charge in [0.05, 0.1) is 6.61 Å². The topological polar surface area (TPSA) is 35.2 Å². The van der Waals surface area contributed by atoms with Crippen LogP contribution in [0.15, 0.2) is 12.1 Å². The number of rotatable bonds is 5. The average Bonchev–Trinajstić information content (AvgIpc) is 2.23. The molecule has 0 aliphatic rings. The van der Waals surface area contributed by atoms with Crippen molar-refractivity contribution in [1.29, 1.82) is 0 Å². The molecule has 0 bridgehead atoms. The second-order valence-electron chi connectivity index (χ2n) is 4.13. The second kappa shape index (κ2) is 5.85. The van der Waals surface area contributed by atoms with Crippen LogP contribution in [0, 0.1) is 12.7 Å². The lowest BCUT2D eigenvalue weighted by atomic mass is 10.1. The van der Waals surface area contributed by atoms with Gasteiger partial charge in [0.1, 0.15) is 11.6 Å². The molecule has 0 fully saturated rings. The fraction of sp³-hybridized carbons (Fsp3) is 0.538. The summed E-state index contributed by atoms with van der Waals surface area (Å²) in [6.07, 6.45) is 2.07. The van der Waals surface area contributed by atoms with Gasteiger partial charge in [0.2, 0.25) is 0 Å². The molecular formula is C13H20FNO. The first-order valence-corrected chi connectivity index (χ1v) is 5.74. The highest BCUT2D eigenvalue weighted by Gasteiger charge is 2.11. The lowest BCUT2D eigenvalue weighted by Gasteiger charge is -2.15. The molecule has 0 heterocycles. The van der Waals surface area contributed by atoms with Gasteiger partial charge in [-0.05, 0) is 38.0 Å². The zero-order valence-corrected chi connectivity index (χ0v) is 10.2. The van der Waals surface area contributed by atoms with E-state index in [1.165, 1.54) is 6.07 Å². The van der Waals surface area contributed by atoms with E-state index in [0.717, 1.165) is 18.4 Å². The number of benzene rings is 1. The number of nitrogens with two attached hydrogens (primary N) is 1. The van der Waals surface area contributed by atoms with Gasteiger partial charge in [0.15, 0.2) is 0 Å². The SMILES string of the molecule is CCCCOc1cc(C)c(F)cc1[C@@H](C)N. The highest BCUT2D eigenvalue weighted by Crippen LogP contribution is 2.27. The minimum Gasteiger partial charge on any atom is -0.493 e. The van der Waals surface area contributed by atoms with Crippen molar-refractivity contribution in [2.24, 2.45) is 5.73 Å². The van der Waals surface area contributed by atoms with Crippen LogP contribution in [0.4, 0.5) is 4.39 Å². The first-order chi connectivity index (χ1) is 7.56. The lowest BCUT2D eigenvalue weighted by molar-refractivity contribution is 0.304. The Morgan fingerprint density at radius 3 is 2.69 bits per heavy atom. The predicted octanol–water partition coefficient (Wildman–Crippen LogP) is 3.33. The number of halogens is 1. The summed E-state index contributed by atoms with van der Waals surface area (Å²) in [5.41, 5.74) is 7.12. The van der Waals surface area contributed by atoms with Gasteiger partial charge < -0.3 is 10.5 Å². The summed E-state index contributed by atoms with van der Waals surface area (Å²) in [4.78, 5) is 0. The molecule has 0 spiro atoms. The van der Waals surface area contributed by atoms with Crippen molar-refractivity contribution < 1.29 is 9.13 Å². The summed E-state index contributed by atoms with van der Waals surface area (Å²) >= 11 is 0. The third-order valence-electron chi connectivity index (χ3n) is 2.54. The second-order valence-corrected chi connectivity index (χ2v) is 4.13. The Balaban J connectivity index is 2.91. The lowest BCUT2D eigenvalue weighted by Crippen LogP contribution is -2.09. The predicted molar refractivity (Wildman–Crippen MR) is 64.1 cm³/mol. The van der Waals surface area contributed by atoms with Crippen molar-refractivity contribution in [3.63, 3.8) is 0 Å². The maximum absolute atomic E-state index is 13.4. The molecule has 1 aromatic rings. The molecule has 1 aromatic carbocycles. The molecule has 0 unspecified atom stereocenters. The van der Waals surface area contributed by atoms with E-state index >= 15 is 0 Å². The monoisotopic (exact) mass is 225 g/mol. The molecule has 2 N–H and O–H groups in total. The van der Waals surface area contributed by atoms with E-state index in [2.05, 4.69) is 6.92 Å². The van der Waals surface area contributed by atoms with Crippen LogP contribution in [-0.2, 0) is 0 Å². The van der Waals surface area contributed by atoms with Crippen molar-refractivity contribution >= 4 is 0 Å². The van der Waals surface area contributed by atoms with Crippen molar-refractivity contribution in [3.8, 4) is 5.75 Å². The maximum Gasteiger partial charge on any atom is 0.126 e. The molecule has 2 nitrogen and oxygen atoms in total. The highest BCUT2D eigenvalue weighted by molar-refractivity contribution is 5.39. The van der Waals surface area contributed by atoms with Gasteiger partial charge in [-0.15, -0.1) is 0 Å². The Morgan fingerprint density at radius 2 is 2.12 bits per heavy atom. The van der Waals surface area contributed by atoms with Crippen LogP contribution in [0.3, 0.4) is 0 Å². The third-order valence-corrected chi connectivity index (χ3v) is 2.54. The Hall–Kier alpha value is -1.09. The van der Waals surface area contributed by atoms with Gasteiger partial charge >= 0.3 is 0 Å². The van der Waals surface area contributed by atoms with Crippen LogP contribution >= 0.6 is 0 Å². The van der Waals surface area contributed by atoms with Crippen LogP contribution in [0.5, 0.6) is 5.75 Å². The van der Waals surface area contributed by atoms with E-state index in [1.54, 1.807) is 13.0 Å². The summed E-state index contributed by atoms with van der Waals surface area (Å²) in [7, 11) is 0. The Labute approximate surface area is 96.6 Å². The van der Waals surface area contributed by atoms with Gasteiger partial charge in [-0.2, -0.15) is 0 Å². The van der Waals surface area contributed by atoms with E-state index < -0.39 is 0 Å². The first kappa shape index (κ1) is 13.0. The molecular weight excluding hydrogens is 205 g/mol. The summed E-state index contributed by atoms with van der Waals surface area (Å²) < 4.78 is 19.0. The zero-order valence-electron chi connectivity index (χ0n) is 10.2. The van der Waals surface area contributed by atoms with Crippen molar-refractivity contribution in [2.45, 2.75) is 39.7 Å². The fourth-order valence-electron chi connectivity index (χ4n) is 1.48. The summed E-state index contributed by atoms with van der Waals surface area (Å²) in [5, 5.41) is 0. The Morgan fingerprint density at radius 1 is 1.44 bits per heavy atom. The molecule has 0 saturated carbocycles. The number of hydrogen-bond donors (Lipinski definition) is 1. The van der Waals surface area contributed by atoms with Crippen LogP contribution in [0.1, 0.15) is 43.9 Å². The van der Waals surface area contributed by atoms with Gasteiger partial charge in [0.25, 0.3) is 0 Å². The average molecular weight is 225 g/mol. The molecule has 16 heavy (non-hydrogen) atoms. The number of ether oxygens (including phenoxy) is 1. The number of hydrogen-bond acceptors (Lipinski definition) is 2. The quantitative estimate of drug-likeness (QED) is 0.780. The van der Waals surface area contributed by atoms with Crippen LogP contribution < -0.4 is 10.5 Å². The minimum absolute atomic E-state index is 0.216. The largest absolute Gasteiger partial charge is 0.493 e. The normalized spacial score (nSPS) is 12.6. The standard InChI is InChI=1S/C13H20FNO/c1-4-5-6-16-13-7-9(2)12(14)8-11(13)10(3)15/h7-8,10H,4-6,15H2,1-3H3/t10-/m1/s1. The van der Waals surface area contributed by atoms with Gasteiger partial charge in [0, 0.05) is 11.6 Å². The van der Waals surface area contributed by atoms with E-state index in [0.29, 0.717) is 17.9 Å².